The Hall–Kier alpha value is 2.04. The van der Waals surface area contributed by atoms with Crippen molar-refractivity contribution < 1.29 is 94.1 Å². The summed E-state index contributed by atoms with van der Waals surface area (Å²) in [5.74, 6) is 0. The van der Waals surface area contributed by atoms with Gasteiger partial charge in [0.25, 0.3) is 0 Å². The van der Waals surface area contributed by atoms with E-state index in [4.69, 9.17) is 57.7 Å². The second kappa shape index (κ2) is 38.2. The van der Waals surface area contributed by atoms with E-state index in [2.05, 4.69) is 128 Å². The summed E-state index contributed by atoms with van der Waals surface area (Å²) in [4.78, 5) is 12.9. The van der Waals surface area contributed by atoms with Crippen LogP contribution in [0.15, 0.2) is 0 Å². The molecular formula is C36H90CeLiN6O9Si6. The normalized spacial score (nSPS) is 20.2. The first kappa shape index (κ1) is 70.1. The van der Waals surface area contributed by atoms with E-state index in [0.29, 0.717) is 79.3 Å². The Morgan fingerprint density at radius 3 is 0.559 bits per heavy atom. The minimum absolute atomic E-state index is 0. The second-order valence-electron chi connectivity index (χ2n) is 19.9. The maximum absolute atomic E-state index is 8.25. The molecule has 3 aliphatic rings. The van der Waals surface area contributed by atoms with Crippen molar-refractivity contribution in [1.29, 1.82) is 0 Å². The fourth-order valence-electron chi connectivity index (χ4n) is 5.82. The van der Waals surface area contributed by atoms with Gasteiger partial charge < -0.3 is 57.7 Å². The van der Waals surface area contributed by atoms with Gasteiger partial charge in [-0.2, -0.15) is 0 Å². The molecule has 347 valence electrons. The molecule has 3 saturated heterocycles. The predicted octanol–water partition coefficient (Wildman–Crippen LogP) is 5.57. The molecule has 0 saturated carbocycles. The number of hydrogen-bond donors (Lipinski definition) is 0. The van der Waals surface area contributed by atoms with Crippen LogP contribution in [-0.2, 0) is 28.4 Å². The largest absolute Gasteiger partial charge is 3.00 e. The first-order valence-electron chi connectivity index (χ1n) is 20.8. The van der Waals surface area contributed by atoms with E-state index in [-0.39, 0.29) is 60.6 Å². The molecule has 0 N–H and O–H groups in total. The Labute approximate surface area is 415 Å². The minimum atomic E-state index is -1.75. The Bertz CT molecular complexity index is 795. The van der Waals surface area contributed by atoms with Crippen LogP contribution in [0, 0.1) is 57.1 Å². The van der Waals surface area contributed by atoms with E-state index in [1.807, 2.05) is 0 Å². The zero-order valence-electron chi connectivity index (χ0n) is 41.6. The van der Waals surface area contributed by atoms with Crippen molar-refractivity contribution in [3.63, 3.8) is 0 Å². The summed E-state index contributed by atoms with van der Waals surface area (Å²) in [5, 5.41) is 14.8. The van der Waals surface area contributed by atoms with Crippen LogP contribution in [0.5, 0.6) is 0 Å². The maximum Gasteiger partial charge on any atom is 3.00 e. The van der Waals surface area contributed by atoms with Crippen molar-refractivity contribution in [3.8, 4) is 0 Å². The Balaban J connectivity index is -0.000000243. The van der Waals surface area contributed by atoms with Gasteiger partial charge in [0.1, 0.15) is 0 Å². The number of rotatable bonds is 6. The molecule has 59 heavy (non-hydrogen) atoms. The zero-order valence-corrected chi connectivity index (χ0v) is 50.7. The smallest absolute Gasteiger partial charge is 0.668 e. The van der Waals surface area contributed by atoms with Gasteiger partial charge in [-0.15, -0.1) is 0 Å². The molecule has 3 heterocycles. The summed E-state index contributed by atoms with van der Waals surface area (Å²) in [6, 6.07) is 0. The predicted molar refractivity (Wildman–Crippen MR) is 258 cm³/mol. The van der Waals surface area contributed by atoms with Crippen LogP contribution in [0.4, 0.5) is 0 Å². The van der Waals surface area contributed by atoms with Crippen molar-refractivity contribution in [2.45, 2.75) is 118 Å². The molecule has 23 heteroatoms. The van der Waals surface area contributed by atoms with Gasteiger partial charge in [0, 0.05) is 39.3 Å². The first-order chi connectivity index (χ1) is 25.8. The summed E-state index contributed by atoms with van der Waals surface area (Å²) in [6.07, 6.45) is 0. The van der Waals surface area contributed by atoms with Gasteiger partial charge in [0.05, 0.1) is 84.4 Å². The molecular weight excluding hydrogens is 976 g/mol. The molecule has 15 nitrogen and oxygen atoms in total. The topological polar surface area (TPSA) is 170 Å². The number of ether oxygens (including phenoxy) is 6. The second-order valence-corrected chi connectivity index (χ2v) is 48.7. The van der Waals surface area contributed by atoms with Gasteiger partial charge in [-0.25, -0.2) is 0 Å². The third-order valence-corrected chi connectivity index (χ3v) is 22.5. The minimum Gasteiger partial charge on any atom is -0.668 e. The number of hydrogen-bond acceptors (Lipinski definition) is 11. The summed E-state index contributed by atoms with van der Waals surface area (Å²) >= 11 is 0. The van der Waals surface area contributed by atoms with E-state index in [1.54, 1.807) is 0 Å². The molecule has 3 rings (SSSR count). The quantitative estimate of drug-likeness (QED) is 0.185. The van der Waals surface area contributed by atoms with Gasteiger partial charge in [-0.1, -0.05) is 167 Å². The van der Waals surface area contributed by atoms with E-state index >= 15 is 0 Å². The zero-order chi connectivity index (χ0) is 44.8. The number of nitrogens with zero attached hydrogens (tertiary/aromatic N) is 6. The van der Waals surface area contributed by atoms with Crippen LogP contribution < -0.4 is 18.9 Å². The summed E-state index contributed by atoms with van der Waals surface area (Å²) < 4.78 is 48.7. The van der Waals surface area contributed by atoms with Crippen molar-refractivity contribution in [3.05, 3.63) is 29.3 Å². The molecule has 0 unspecified atom stereocenters. The third-order valence-electron chi connectivity index (χ3n) is 6.44. The van der Waals surface area contributed by atoms with Gasteiger partial charge >= 0.3 is 60.6 Å². The van der Waals surface area contributed by atoms with Gasteiger partial charge in [-0.05, 0) is 0 Å². The van der Waals surface area contributed by atoms with Crippen LogP contribution in [0.25, 0.3) is 13.9 Å². The van der Waals surface area contributed by atoms with Crippen LogP contribution in [-0.4, -0.2) is 183 Å². The fourth-order valence-corrected chi connectivity index (χ4v) is 30.0. The maximum atomic E-state index is 8.25. The summed E-state index contributed by atoms with van der Waals surface area (Å²) in [6.45, 7) is 54.5. The van der Waals surface area contributed by atoms with Crippen molar-refractivity contribution >= 4 is 49.4 Å². The van der Waals surface area contributed by atoms with Gasteiger partial charge in [-0.3, -0.25) is 9.80 Å². The molecule has 1 radical (unpaired) electrons. The monoisotopic (exact) mass is 1070 g/mol. The van der Waals surface area contributed by atoms with Crippen molar-refractivity contribution in [1.82, 2.24) is 9.80 Å². The molecule has 0 aromatic carbocycles. The molecule has 0 aromatic rings. The van der Waals surface area contributed by atoms with Crippen molar-refractivity contribution in [2.75, 3.05) is 119 Å². The Morgan fingerprint density at radius 1 is 0.356 bits per heavy atom. The molecule has 3 aliphatic heterocycles. The molecule has 0 aliphatic carbocycles. The average Bonchev–Trinajstić information content (AvgIpc) is 2.94. The molecule has 2 bridgehead atoms. The standard InChI is InChI=1S/C18H36N2O6.3C6H18NSi2.Ce.Li.NO3/c1-7-21-13-14-24-10-4-20-5-11-25-17-15-22-8-2-19(1)3-9-23-16-18-26-12-6-20;3*1-8(2,3)7-9(4,5)6;;;2-1(3)4/h1-18H2;3*1-6H3;;;/q;3*-1;+3;+1;-1. The molecule has 0 spiro atoms. The molecule has 0 aromatic heterocycles. The van der Waals surface area contributed by atoms with Crippen LogP contribution in [0.1, 0.15) is 0 Å². The summed E-state index contributed by atoms with van der Waals surface area (Å²) in [5.41, 5.74) is 0. The molecule has 0 amide bonds. The van der Waals surface area contributed by atoms with Gasteiger partial charge in [0.15, 0.2) is 0 Å². The molecule has 3 fully saturated rings. The van der Waals surface area contributed by atoms with Crippen LogP contribution in [0.2, 0.25) is 118 Å². The van der Waals surface area contributed by atoms with E-state index in [1.165, 1.54) is 0 Å². The van der Waals surface area contributed by atoms with Crippen LogP contribution in [0.3, 0.4) is 0 Å². The number of fused-ring (bicyclic) bond motifs is 21. The van der Waals surface area contributed by atoms with Gasteiger partial charge in [0.2, 0.25) is 0 Å². The van der Waals surface area contributed by atoms with E-state index in [0.717, 1.165) is 39.3 Å². The van der Waals surface area contributed by atoms with Crippen molar-refractivity contribution in [2.24, 2.45) is 0 Å². The fraction of sp³-hybridized carbons (Fsp3) is 1.00. The Morgan fingerprint density at radius 2 is 0.475 bits per heavy atom. The van der Waals surface area contributed by atoms with E-state index in [9.17, 15) is 0 Å². The average molecular weight is 1070 g/mol. The third kappa shape index (κ3) is 71.9. The molecule has 0 atom stereocenters. The van der Waals surface area contributed by atoms with Crippen LogP contribution >= 0.6 is 0 Å². The van der Waals surface area contributed by atoms with E-state index < -0.39 is 54.5 Å². The SMILES string of the molecule is C1COCCN2CCOCCOCCN(CCO1)CCOCCOCC2.C[Si](C)(C)[N-][Si](C)(C)C.C[Si](C)(C)[N-][Si](C)(C)C.C[Si](C)(C)[N-][Si](C)(C)C.O=[N+]([O-])[O-].[Ce+3].[Li+]. The summed E-state index contributed by atoms with van der Waals surface area (Å²) in [7, 11) is -6.64. The first-order valence-corrected chi connectivity index (χ1v) is 41.4. The Kier molecular flexibility index (Phi) is 45.3.